The summed E-state index contributed by atoms with van der Waals surface area (Å²) in [6.45, 7) is 0. The highest BCUT2D eigenvalue weighted by molar-refractivity contribution is 5.87. The number of nitrogens with one attached hydrogen (secondary N) is 1. The lowest BCUT2D eigenvalue weighted by Gasteiger charge is -2.45. The molecule has 1 saturated carbocycles. The molecule has 1 aliphatic heterocycles. The summed E-state index contributed by atoms with van der Waals surface area (Å²) in [5.41, 5.74) is 1.52. The van der Waals surface area contributed by atoms with Crippen LogP contribution < -0.4 is 5.32 Å². The molecule has 2 aromatic rings. The number of Topliss-reactive ketones (excluding diaryl/α,β-unsaturated/α-hetero) is 1. The number of fused-ring (bicyclic) bond motifs is 2. The Morgan fingerprint density at radius 2 is 1.25 bits per heavy atom. The molecule has 4 atom stereocenters. The van der Waals surface area contributed by atoms with E-state index in [1.807, 2.05) is 24.3 Å². The molecule has 2 bridgehead atoms. The average Bonchev–Trinajstić information content (AvgIpc) is 2.57. The van der Waals surface area contributed by atoms with Gasteiger partial charge >= 0.3 is 0 Å². The van der Waals surface area contributed by atoms with Crippen molar-refractivity contribution in [1.29, 1.82) is 0 Å². The van der Waals surface area contributed by atoms with E-state index >= 15 is 0 Å². The number of hydrogen-bond acceptors (Lipinski definition) is 4. The van der Waals surface area contributed by atoms with E-state index in [1.165, 1.54) is 0 Å². The summed E-state index contributed by atoms with van der Waals surface area (Å²) >= 11 is 0. The van der Waals surface area contributed by atoms with Crippen LogP contribution in [0.25, 0.3) is 0 Å². The van der Waals surface area contributed by atoms with E-state index in [9.17, 15) is 15.0 Å². The molecule has 1 saturated heterocycles. The third kappa shape index (κ3) is 2.38. The van der Waals surface area contributed by atoms with Crippen LogP contribution in [0.1, 0.15) is 42.5 Å². The Bertz CT molecular complexity index is 711. The number of phenols is 2. The summed E-state index contributed by atoms with van der Waals surface area (Å²) in [4.78, 5) is 13.0. The first kappa shape index (κ1) is 15.2. The van der Waals surface area contributed by atoms with Gasteiger partial charge in [-0.25, -0.2) is 0 Å². The van der Waals surface area contributed by atoms with E-state index in [1.54, 1.807) is 24.3 Å². The molecule has 0 radical (unpaired) electrons. The van der Waals surface area contributed by atoms with Crippen LogP contribution in [0.15, 0.2) is 48.5 Å². The largest absolute Gasteiger partial charge is 0.508 e. The van der Waals surface area contributed by atoms with Crippen molar-refractivity contribution >= 4 is 5.78 Å². The number of para-hydroxylation sites is 2. The number of hydrogen-bond donors (Lipinski definition) is 3. The molecule has 0 unspecified atom stereocenters. The molecule has 4 heteroatoms. The molecule has 2 fully saturated rings. The van der Waals surface area contributed by atoms with Gasteiger partial charge in [-0.05, 0) is 25.0 Å². The zero-order valence-electron chi connectivity index (χ0n) is 13.4. The Morgan fingerprint density at radius 1 is 0.792 bits per heavy atom. The van der Waals surface area contributed by atoms with Crippen molar-refractivity contribution in [2.24, 2.45) is 11.8 Å². The Balaban J connectivity index is 1.78. The third-order valence-electron chi connectivity index (χ3n) is 5.47. The van der Waals surface area contributed by atoms with Crippen molar-refractivity contribution in [2.75, 3.05) is 0 Å². The number of rotatable bonds is 2. The maximum absolute atomic E-state index is 13.0. The summed E-state index contributed by atoms with van der Waals surface area (Å²) in [5, 5.41) is 24.1. The summed E-state index contributed by atoms with van der Waals surface area (Å²) < 4.78 is 0. The molecular formula is C20H21NO3. The van der Waals surface area contributed by atoms with Crippen LogP contribution in [0.5, 0.6) is 11.5 Å². The van der Waals surface area contributed by atoms with Gasteiger partial charge in [0.05, 0.1) is 0 Å². The van der Waals surface area contributed by atoms with E-state index in [0.717, 1.165) is 30.4 Å². The highest BCUT2D eigenvalue weighted by Crippen LogP contribution is 2.48. The molecule has 124 valence electrons. The number of ketones is 1. The van der Waals surface area contributed by atoms with Gasteiger partial charge in [0.15, 0.2) is 0 Å². The van der Waals surface area contributed by atoms with Gasteiger partial charge in [0.2, 0.25) is 0 Å². The minimum atomic E-state index is -0.222. The molecule has 24 heavy (non-hydrogen) atoms. The first-order valence-electron chi connectivity index (χ1n) is 8.52. The van der Waals surface area contributed by atoms with Crippen molar-refractivity contribution in [3.05, 3.63) is 59.7 Å². The molecule has 2 aromatic carbocycles. The summed E-state index contributed by atoms with van der Waals surface area (Å²) in [7, 11) is 0. The normalized spacial score (nSPS) is 29.4. The predicted molar refractivity (Wildman–Crippen MR) is 90.7 cm³/mol. The quantitative estimate of drug-likeness (QED) is 0.791. The van der Waals surface area contributed by atoms with Crippen molar-refractivity contribution in [1.82, 2.24) is 5.32 Å². The maximum Gasteiger partial charge on any atom is 0.142 e. The number of aromatic hydroxyl groups is 2. The first-order chi connectivity index (χ1) is 11.7. The summed E-state index contributed by atoms with van der Waals surface area (Å²) in [5.74, 6) is 0.450. The second kappa shape index (κ2) is 5.95. The molecule has 0 spiro atoms. The Morgan fingerprint density at radius 3 is 1.71 bits per heavy atom. The first-order valence-corrected chi connectivity index (χ1v) is 8.52. The smallest absolute Gasteiger partial charge is 0.142 e. The molecular weight excluding hydrogens is 302 g/mol. The number of phenolic OH excluding ortho intramolecular Hbond substituents is 2. The molecule has 2 aliphatic rings. The third-order valence-corrected chi connectivity index (χ3v) is 5.47. The van der Waals surface area contributed by atoms with Gasteiger partial charge in [-0.3, -0.25) is 4.79 Å². The SMILES string of the molecule is O=C1[C@H]2CCC[C@@H]1[C@@H](c1ccccc1O)N[C@H]2c1ccccc1O. The minimum Gasteiger partial charge on any atom is -0.508 e. The van der Waals surface area contributed by atoms with Gasteiger partial charge < -0.3 is 15.5 Å². The fraction of sp³-hybridized carbons (Fsp3) is 0.350. The van der Waals surface area contributed by atoms with Crippen LogP contribution in [0.3, 0.4) is 0 Å². The molecule has 1 heterocycles. The lowest BCUT2D eigenvalue weighted by molar-refractivity contribution is -0.135. The average molecular weight is 323 g/mol. The standard InChI is InChI=1S/C20H21NO3/c22-16-10-3-1-6-12(16)18-14-8-5-9-15(20(14)24)19(21-18)13-7-2-4-11-17(13)23/h1-4,6-7,10-11,14-15,18-19,21-23H,5,8-9H2/t14-,15+,18-,19+. The fourth-order valence-corrected chi connectivity index (χ4v) is 4.32. The van der Waals surface area contributed by atoms with Gasteiger partial charge in [-0.1, -0.05) is 42.8 Å². The second-order valence-corrected chi connectivity index (χ2v) is 6.79. The van der Waals surface area contributed by atoms with Crippen LogP contribution in [-0.4, -0.2) is 16.0 Å². The van der Waals surface area contributed by atoms with Gasteiger partial charge in [-0.15, -0.1) is 0 Å². The topological polar surface area (TPSA) is 69.6 Å². The van der Waals surface area contributed by atoms with E-state index in [-0.39, 0.29) is 41.2 Å². The van der Waals surface area contributed by atoms with Gasteiger partial charge in [0.25, 0.3) is 0 Å². The van der Waals surface area contributed by atoms with Crippen LogP contribution in [0.4, 0.5) is 0 Å². The minimum absolute atomic E-state index is 0.112. The van der Waals surface area contributed by atoms with Crippen molar-refractivity contribution in [3.8, 4) is 11.5 Å². The zero-order chi connectivity index (χ0) is 16.7. The summed E-state index contributed by atoms with van der Waals surface area (Å²) in [6, 6.07) is 13.9. The number of piperidine rings is 1. The zero-order valence-corrected chi connectivity index (χ0v) is 13.4. The molecule has 4 nitrogen and oxygen atoms in total. The van der Waals surface area contributed by atoms with Crippen molar-refractivity contribution < 1.29 is 15.0 Å². The van der Waals surface area contributed by atoms with Crippen LogP contribution in [-0.2, 0) is 4.79 Å². The van der Waals surface area contributed by atoms with Crippen LogP contribution in [0.2, 0.25) is 0 Å². The van der Waals surface area contributed by atoms with Crippen molar-refractivity contribution in [2.45, 2.75) is 31.3 Å². The molecule has 0 aromatic heterocycles. The predicted octanol–water partition coefficient (Wildman–Crippen LogP) is 3.47. The van der Waals surface area contributed by atoms with E-state index in [2.05, 4.69) is 5.32 Å². The number of carbonyl (C=O) groups excluding carboxylic acids is 1. The Hall–Kier alpha value is -2.33. The van der Waals surface area contributed by atoms with Gasteiger partial charge in [0, 0.05) is 35.0 Å². The maximum atomic E-state index is 13.0. The molecule has 0 amide bonds. The molecule has 4 rings (SSSR count). The number of carbonyl (C=O) groups is 1. The lowest BCUT2D eigenvalue weighted by Crippen LogP contribution is -2.50. The summed E-state index contributed by atoms with van der Waals surface area (Å²) in [6.07, 6.45) is 2.68. The lowest BCUT2D eigenvalue weighted by atomic mass is 9.67. The van der Waals surface area contributed by atoms with Crippen LogP contribution in [0, 0.1) is 11.8 Å². The molecule has 1 aliphatic carbocycles. The van der Waals surface area contributed by atoms with E-state index < -0.39 is 0 Å². The van der Waals surface area contributed by atoms with Crippen LogP contribution >= 0.6 is 0 Å². The molecule has 3 N–H and O–H groups in total. The number of benzene rings is 2. The van der Waals surface area contributed by atoms with Gasteiger partial charge in [-0.2, -0.15) is 0 Å². The van der Waals surface area contributed by atoms with E-state index in [4.69, 9.17) is 0 Å². The Labute approximate surface area is 141 Å². The van der Waals surface area contributed by atoms with E-state index in [0.29, 0.717) is 0 Å². The highest BCUT2D eigenvalue weighted by atomic mass is 16.3. The highest BCUT2D eigenvalue weighted by Gasteiger charge is 2.47. The monoisotopic (exact) mass is 323 g/mol. The fourth-order valence-electron chi connectivity index (χ4n) is 4.32. The second-order valence-electron chi connectivity index (χ2n) is 6.79. The Kier molecular flexibility index (Phi) is 3.77. The van der Waals surface area contributed by atoms with Gasteiger partial charge in [0.1, 0.15) is 17.3 Å². The van der Waals surface area contributed by atoms with Crippen molar-refractivity contribution in [3.63, 3.8) is 0 Å².